The van der Waals surface area contributed by atoms with E-state index in [2.05, 4.69) is 72.3 Å². The third-order valence-electron chi connectivity index (χ3n) is 4.70. The first kappa shape index (κ1) is 17.7. The lowest BCUT2D eigenvalue weighted by Gasteiger charge is -2.12. The van der Waals surface area contributed by atoms with E-state index >= 15 is 0 Å². The highest BCUT2D eigenvalue weighted by Gasteiger charge is 2.10. The Morgan fingerprint density at radius 1 is 1.00 bits per heavy atom. The monoisotopic (exact) mass is 373 g/mol. The average Bonchev–Trinajstić information content (AvgIpc) is 3.15. The summed E-state index contributed by atoms with van der Waals surface area (Å²) in [5.74, 6) is 0.507. The van der Waals surface area contributed by atoms with Gasteiger partial charge in [0.25, 0.3) is 0 Å². The number of nitrogens with zero attached hydrogens (tertiary/aromatic N) is 3. The summed E-state index contributed by atoms with van der Waals surface area (Å²) in [6, 6.07) is 20.8. The SMILES string of the molecule is C1=CCC(C=Nn2c(-c3ccccc3)csc2=NCc2ccccc2)CC1. The molecule has 0 spiro atoms. The van der Waals surface area contributed by atoms with Gasteiger partial charge in [-0.2, -0.15) is 5.10 Å². The van der Waals surface area contributed by atoms with Gasteiger partial charge in [-0.3, -0.25) is 4.99 Å². The molecule has 2 aromatic carbocycles. The largest absolute Gasteiger partial charge is 0.253 e. The molecule has 4 heteroatoms. The lowest BCUT2D eigenvalue weighted by atomic mass is 9.96. The molecule has 1 atom stereocenters. The maximum absolute atomic E-state index is 4.85. The van der Waals surface area contributed by atoms with Crippen LogP contribution < -0.4 is 4.80 Å². The van der Waals surface area contributed by atoms with E-state index in [-0.39, 0.29) is 0 Å². The van der Waals surface area contributed by atoms with Crippen molar-refractivity contribution in [2.24, 2.45) is 16.0 Å². The first-order valence-electron chi connectivity index (χ1n) is 9.40. The Morgan fingerprint density at radius 3 is 2.52 bits per heavy atom. The van der Waals surface area contributed by atoms with Crippen molar-refractivity contribution in [3.8, 4) is 11.3 Å². The molecule has 3 aromatic rings. The summed E-state index contributed by atoms with van der Waals surface area (Å²) in [4.78, 5) is 5.77. The van der Waals surface area contributed by atoms with Gasteiger partial charge >= 0.3 is 0 Å². The second-order valence-electron chi connectivity index (χ2n) is 6.69. The zero-order valence-electron chi connectivity index (χ0n) is 15.2. The zero-order valence-corrected chi connectivity index (χ0v) is 16.1. The number of rotatable bonds is 5. The van der Waals surface area contributed by atoms with Gasteiger partial charge in [0.1, 0.15) is 0 Å². The minimum Gasteiger partial charge on any atom is -0.253 e. The molecule has 1 aliphatic carbocycles. The van der Waals surface area contributed by atoms with Crippen molar-refractivity contribution >= 4 is 17.6 Å². The van der Waals surface area contributed by atoms with Crippen molar-refractivity contribution in [3.05, 3.63) is 88.6 Å². The second kappa shape index (κ2) is 8.78. The van der Waals surface area contributed by atoms with Crippen LogP contribution in [-0.2, 0) is 6.54 Å². The zero-order chi connectivity index (χ0) is 18.3. The van der Waals surface area contributed by atoms with Gasteiger partial charge in [0, 0.05) is 17.2 Å². The van der Waals surface area contributed by atoms with Gasteiger partial charge in [-0.1, -0.05) is 72.8 Å². The van der Waals surface area contributed by atoms with Crippen molar-refractivity contribution in [2.75, 3.05) is 0 Å². The lowest BCUT2D eigenvalue weighted by molar-refractivity contribution is 0.621. The summed E-state index contributed by atoms with van der Waals surface area (Å²) in [7, 11) is 0. The number of hydrogen-bond acceptors (Lipinski definition) is 3. The standard InChI is InChI=1S/C23H23N3S/c1-4-10-19(11-5-1)16-24-23-26(25-17-20-12-6-2-7-13-20)22(18-27-23)21-14-8-3-9-15-21/h1-6,8-11,14-15,17-18,20H,7,12-13,16H2. The lowest BCUT2D eigenvalue weighted by Crippen LogP contribution is -2.14. The number of thiazole rings is 1. The molecular weight excluding hydrogens is 350 g/mol. The Hall–Kier alpha value is -2.72. The maximum atomic E-state index is 4.85. The van der Waals surface area contributed by atoms with Crippen LogP contribution in [-0.4, -0.2) is 10.9 Å². The molecule has 4 rings (SSSR count). The summed E-state index contributed by atoms with van der Waals surface area (Å²) in [6.07, 6.45) is 10.0. The van der Waals surface area contributed by atoms with Crippen LogP contribution in [0.4, 0.5) is 0 Å². The molecule has 1 unspecified atom stereocenters. The van der Waals surface area contributed by atoms with E-state index in [9.17, 15) is 0 Å². The van der Waals surface area contributed by atoms with Gasteiger partial charge in [0.05, 0.1) is 12.2 Å². The highest BCUT2D eigenvalue weighted by atomic mass is 32.1. The molecule has 0 radical (unpaired) electrons. The van der Waals surface area contributed by atoms with Crippen molar-refractivity contribution in [1.82, 2.24) is 4.68 Å². The number of benzene rings is 2. The quantitative estimate of drug-likeness (QED) is 0.417. The van der Waals surface area contributed by atoms with Crippen molar-refractivity contribution in [1.29, 1.82) is 0 Å². The van der Waals surface area contributed by atoms with E-state index in [1.54, 1.807) is 11.3 Å². The normalized spacial score (nSPS) is 17.6. The van der Waals surface area contributed by atoms with E-state index < -0.39 is 0 Å². The summed E-state index contributed by atoms with van der Waals surface area (Å²) in [6.45, 7) is 0.664. The van der Waals surface area contributed by atoms with Gasteiger partial charge in [-0.25, -0.2) is 4.68 Å². The van der Waals surface area contributed by atoms with E-state index in [1.807, 2.05) is 16.8 Å². The van der Waals surface area contributed by atoms with E-state index in [4.69, 9.17) is 10.1 Å². The van der Waals surface area contributed by atoms with Crippen LogP contribution in [0.25, 0.3) is 11.3 Å². The van der Waals surface area contributed by atoms with Crippen LogP contribution in [0, 0.1) is 5.92 Å². The minimum atomic E-state index is 0.507. The molecule has 0 amide bonds. The molecular formula is C23H23N3S. The topological polar surface area (TPSA) is 29.6 Å². The Kier molecular flexibility index (Phi) is 5.75. The second-order valence-corrected chi connectivity index (χ2v) is 7.53. The first-order valence-corrected chi connectivity index (χ1v) is 10.3. The van der Waals surface area contributed by atoms with Gasteiger partial charge in [0.15, 0.2) is 0 Å². The molecule has 1 aromatic heterocycles. The number of hydrogen-bond donors (Lipinski definition) is 0. The molecule has 0 fully saturated rings. The van der Waals surface area contributed by atoms with Gasteiger partial charge < -0.3 is 0 Å². The molecule has 136 valence electrons. The highest BCUT2D eigenvalue weighted by molar-refractivity contribution is 7.07. The van der Waals surface area contributed by atoms with Crippen LogP contribution in [0.2, 0.25) is 0 Å². The van der Waals surface area contributed by atoms with Gasteiger partial charge in [-0.15, -0.1) is 11.3 Å². The van der Waals surface area contributed by atoms with E-state index in [1.165, 1.54) is 12.0 Å². The fraction of sp³-hybridized carbons (Fsp3) is 0.217. The van der Waals surface area contributed by atoms with Crippen molar-refractivity contribution in [2.45, 2.75) is 25.8 Å². The summed E-state index contributed by atoms with van der Waals surface area (Å²) >= 11 is 1.65. The molecule has 0 saturated heterocycles. The predicted molar refractivity (Wildman–Crippen MR) is 114 cm³/mol. The van der Waals surface area contributed by atoms with Gasteiger partial charge in [0.2, 0.25) is 4.80 Å². The van der Waals surface area contributed by atoms with Crippen LogP contribution in [0.3, 0.4) is 0 Å². The molecule has 1 aliphatic rings. The predicted octanol–water partition coefficient (Wildman–Crippen LogP) is 5.51. The molecule has 0 aliphatic heterocycles. The fourth-order valence-electron chi connectivity index (χ4n) is 3.18. The maximum Gasteiger partial charge on any atom is 0.206 e. The fourth-order valence-corrected chi connectivity index (χ4v) is 4.02. The molecule has 0 bridgehead atoms. The first-order chi connectivity index (χ1) is 13.4. The molecule has 1 heterocycles. The third-order valence-corrected chi connectivity index (χ3v) is 5.55. The summed E-state index contributed by atoms with van der Waals surface area (Å²) in [5, 5.41) is 7.00. The van der Waals surface area contributed by atoms with E-state index in [0.717, 1.165) is 28.9 Å². The molecule has 0 saturated carbocycles. The Morgan fingerprint density at radius 2 is 1.78 bits per heavy atom. The average molecular weight is 374 g/mol. The van der Waals surface area contributed by atoms with Gasteiger partial charge in [-0.05, 0) is 30.7 Å². The van der Waals surface area contributed by atoms with Crippen LogP contribution >= 0.6 is 11.3 Å². The smallest absolute Gasteiger partial charge is 0.206 e. The summed E-state index contributed by atoms with van der Waals surface area (Å²) in [5.41, 5.74) is 3.46. The minimum absolute atomic E-state index is 0.507. The number of allylic oxidation sites excluding steroid dienone is 2. The Balaban J connectivity index is 1.69. The van der Waals surface area contributed by atoms with Crippen molar-refractivity contribution in [3.63, 3.8) is 0 Å². The highest BCUT2D eigenvalue weighted by Crippen LogP contribution is 2.21. The summed E-state index contributed by atoms with van der Waals surface area (Å²) < 4.78 is 2.00. The number of aromatic nitrogens is 1. The van der Waals surface area contributed by atoms with Crippen molar-refractivity contribution < 1.29 is 0 Å². The third kappa shape index (κ3) is 4.52. The molecule has 3 nitrogen and oxygen atoms in total. The van der Waals surface area contributed by atoms with Crippen LogP contribution in [0.1, 0.15) is 24.8 Å². The Labute approximate surface area is 164 Å². The Bertz CT molecular complexity index is 981. The molecule has 0 N–H and O–H groups in total. The molecule has 27 heavy (non-hydrogen) atoms. The van der Waals surface area contributed by atoms with Crippen LogP contribution in [0.15, 0.2) is 88.3 Å². The van der Waals surface area contributed by atoms with Crippen LogP contribution in [0.5, 0.6) is 0 Å². The van der Waals surface area contributed by atoms with E-state index in [0.29, 0.717) is 12.5 Å².